The standard InChI is InChI=1S/C30H32F3NO4/c1-19(2)37-25-10-8-24(9-11-25)36-18-28-27-13-12-26(38-20(3)4)17-21(27)14-15-34(28)29(35)22-6-5-7-23(16-22)30(31,32)33/h5-13,16-17,19-20,28H,14-15,18H2,1-4H3. The average Bonchev–Trinajstić information content (AvgIpc) is 2.86. The zero-order valence-corrected chi connectivity index (χ0v) is 21.9. The Kier molecular flexibility index (Phi) is 8.19. The van der Waals surface area contributed by atoms with Crippen LogP contribution in [0.2, 0.25) is 0 Å². The Balaban J connectivity index is 1.62. The number of fused-ring (bicyclic) bond motifs is 1. The van der Waals surface area contributed by atoms with E-state index in [4.69, 9.17) is 14.2 Å². The van der Waals surface area contributed by atoms with Crippen molar-refractivity contribution in [3.8, 4) is 17.2 Å². The zero-order chi connectivity index (χ0) is 27.4. The third kappa shape index (κ3) is 6.60. The number of alkyl halides is 3. The van der Waals surface area contributed by atoms with Crippen molar-refractivity contribution in [1.29, 1.82) is 0 Å². The van der Waals surface area contributed by atoms with Crippen molar-refractivity contribution in [3.05, 3.63) is 89.0 Å². The van der Waals surface area contributed by atoms with Gasteiger partial charge in [0.15, 0.2) is 0 Å². The van der Waals surface area contributed by atoms with Gasteiger partial charge in [0.05, 0.1) is 23.8 Å². The Labute approximate surface area is 221 Å². The third-order valence-corrected chi connectivity index (χ3v) is 6.14. The number of benzene rings is 3. The van der Waals surface area contributed by atoms with Gasteiger partial charge in [-0.1, -0.05) is 12.1 Å². The van der Waals surface area contributed by atoms with Gasteiger partial charge in [-0.05, 0) is 99.8 Å². The van der Waals surface area contributed by atoms with E-state index in [1.807, 2.05) is 58.0 Å². The van der Waals surface area contributed by atoms with E-state index >= 15 is 0 Å². The number of halogens is 3. The second kappa shape index (κ2) is 11.4. The van der Waals surface area contributed by atoms with Crippen LogP contribution < -0.4 is 14.2 Å². The minimum absolute atomic E-state index is 0.0109. The molecule has 202 valence electrons. The normalized spacial score (nSPS) is 15.4. The highest BCUT2D eigenvalue weighted by Gasteiger charge is 2.35. The molecule has 8 heteroatoms. The molecule has 5 nitrogen and oxygen atoms in total. The van der Waals surface area contributed by atoms with E-state index in [-0.39, 0.29) is 24.4 Å². The van der Waals surface area contributed by atoms with Crippen LogP contribution in [-0.4, -0.2) is 36.2 Å². The van der Waals surface area contributed by atoms with Gasteiger partial charge >= 0.3 is 6.18 Å². The second-order valence-corrected chi connectivity index (χ2v) is 9.82. The largest absolute Gasteiger partial charge is 0.491 e. The van der Waals surface area contributed by atoms with Crippen molar-refractivity contribution in [3.63, 3.8) is 0 Å². The summed E-state index contributed by atoms with van der Waals surface area (Å²) in [5.74, 6) is 1.57. The summed E-state index contributed by atoms with van der Waals surface area (Å²) < 4.78 is 57.6. The third-order valence-electron chi connectivity index (χ3n) is 6.14. The second-order valence-electron chi connectivity index (χ2n) is 9.82. The molecule has 0 aromatic heterocycles. The zero-order valence-electron chi connectivity index (χ0n) is 21.9. The van der Waals surface area contributed by atoms with Gasteiger partial charge in [0.25, 0.3) is 5.91 Å². The Morgan fingerprint density at radius 1 is 0.895 bits per heavy atom. The molecule has 0 N–H and O–H groups in total. The lowest BCUT2D eigenvalue weighted by molar-refractivity contribution is -0.137. The summed E-state index contributed by atoms with van der Waals surface area (Å²) in [5, 5.41) is 0. The molecule has 1 amide bonds. The molecule has 0 saturated carbocycles. The lowest BCUT2D eigenvalue weighted by Gasteiger charge is -2.37. The van der Waals surface area contributed by atoms with E-state index in [0.717, 1.165) is 34.8 Å². The lowest BCUT2D eigenvalue weighted by atomic mass is 9.91. The molecular formula is C30H32F3NO4. The smallest absolute Gasteiger partial charge is 0.416 e. The lowest BCUT2D eigenvalue weighted by Crippen LogP contribution is -2.42. The number of nitrogens with zero attached hydrogens (tertiary/aromatic N) is 1. The van der Waals surface area contributed by atoms with Gasteiger partial charge in [0.2, 0.25) is 0 Å². The molecule has 1 heterocycles. The van der Waals surface area contributed by atoms with E-state index in [9.17, 15) is 18.0 Å². The highest BCUT2D eigenvalue weighted by molar-refractivity contribution is 5.95. The molecule has 1 aliphatic heterocycles. The maximum atomic E-state index is 13.5. The monoisotopic (exact) mass is 527 g/mol. The van der Waals surface area contributed by atoms with Crippen molar-refractivity contribution >= 4 is 5.91 Å². The molecule has 1 atom stereocenters. The fourth-order valence-electron chi connectivity index (χ4n) is 4.51. The van der Waals surface area contributed by atoms with Crippen molar-refractivity contribution in [2.45, 2.75) is 58.5 Å². The van der Waals surface area contributed by atoms with Crippen LogP contribution in [0.3, 0.4) is 0 Å². The topological polar surface area (TPSA) is 48.0 Å². The maximum Gasteiger partial charge on any atom is 0.416 e. The number of ether oxygens (including phenoxy) is 3. The van der Waals surface area contributed by atoms with E-state index in [0.29, 0.717) is 18.7 Å². The van der Waals surface area contributed by atoms with Gasteiger partial charge in [-0.2, -0.15) is 13.2 Å². The van der Waals surface area contributed by atoms with Gasteiger partial charge < -0.3 is 19.1 Å². The van der Waals surface area contributed by atoms with E-state index < -0.39 is 23.7 Å². The first-order chi connectivity index (χ1) is 18.0. The van der Waals surface area contributed by atoms with E-state index in [1.54, 1.807) is 17.0 Å². The minimum atomic E-state index is -4.54. The molecule has 0 radical (unpaired) electrons. The number of carbonyl (C=O) groups is 1. The highest BCUT2D eigenvalue weighted by atomic mass is 19.4. The van der Waals surface area contributed by atoms with Crippen molar-refractivity contribution in [2.75, 3.05) is 13.2 Å². The fraction of sp³-hybridized carbons (Fsp3) is 0.367. The van der Waals surface area contributed by atoms with Crippen LogP contribution in [0.25, 0.3) is 0 Å². The van der Waals surface area contributed by atoms with Crippen LogP contribution in [0, 0.1) is 0 Å². The number of amides is 1. The molecule has 0 spiro atoms. The van der Waals surface area contributed by atoms with Crippen LogP contribution in [-0.2, 0) is 12.6 Å². The van der Waals surface area contributed by atoms with Crippen LogP contribution in [0.4, 0.5) is 13.2 Å². The van der Waals surface area contributed by atoms with Crippen molar-refractivity contribution in [2.24, 2.45) is 0 Å². The summed E-state index contributed by atoms with van der Waals surface area (Å²) in [7, 11) is 0. The Hall–Kier alpha value is -3.68. The Morgan fingerprint density at radius 2 is 1.53 bits per heavy atom. The Bertz CT molecular complexity index is 1260. The molecule has 1 aliphatic rings. The van der Waals surface area contributed by atoms with Crippen LogP contribution in [0.5, 0.6) is 17.2 Å². The first-order valence-corrected chi connectivity index (χ1v) is 12.7. The first-order valence-electron chi connectivity index (χ1n) is 12.7. The summed E-state index contributed by atoms with van der Waals surface area (Å²) >= 11 is 0. The van der Waals surface area contributed by atoms with Gasteiger partial charge in [0, 0.05) is 12.1 Å². The maximum absolute atomic E-state index is 13.5. The SMILES string of the molecule is CC(C)Oc1ccc(OCC2c3ccc(OC(C)C)cc3CCN2C(=O)c2cccc(C(F)(F)F)c2)cc1. The molecule has 0 saturated heterocycles. The number of hydrogen-bond donors (Lipinski definition) is 0. The van der Waals surface area contributed by atoms with Crippen LogP contribution in [0.15, 0.2) is 66.7 Å². The molecule has 3 aromatic rings. The molecule has 38 heavy (non-hydrogen) atoms. The fourth-order valence-corrected chi connectivity index (χ4v) is 4.51. The summed E-state index contributed by atoms with van der Waals surface area (Å²) in [6, 6.07) is 17.0. The first kappa shape index (κ1) is 27.4. The minimum Gasteiger partial charge on any atom is -0.491 e. The van der Waals surface area contributed by atoms with Crippen LogP contribution in [0.1, 0.15) is 60.8 Å². The quantitative estimate of drug-likeness (QED) is 0.314. The van der Waals surface area contributed by atoms with E-state index in [1.165, 1.54) is 12.1 Å². The van der Waals surface area contributed by atoms with Gasteiger partial charge in [0.1, 0.15) is 23.9 Å². The molecule has 0 bridgehead atoms. The highest BCUT2D eigenvalue weighted by Crippen LogP contribution is 2.35. The molecule has 4 rings (SSSR count). The predicted octanol–water partition coefficient (Wildman–Crippen LogP) is 7.10. The molecule has 3 aromatic carbocycles. The number of hydrogen-bond acceptors (Lipinski definition) is 4. The number of carbonyl (C=O) groups excluding carboxylic acids is 1. The summed E-state index contributed by atoms with van der Waals surface area (Å²) in [5.41, 5.74) is 1.04. The summed E-state index contributed by atoms with van der Waals surface area (Å²) in [6.07, 6.45) is -3.93. The summed E-state index contributed by atoms with van der Waals surface area (Å²) in [4.78, 5) is 15.1. The molecule has 0 aliphatic carbocycles. The number of rotatable bonds is 8. The van der Waals surface area contributed by atoms with Crippen LogP contribution >= 0.6 is 0 Å². The van der Waals surface area contributed by atoms with Crippen molar-refractivity contribution < 1.29 is 32.2 Å². The van der Waals surface area contributed by atoms with Gasteiger partial charge in [-0.15, -0.1) is 0 Å². The van der Waals surface area contributed by atoms with Gasteiger partial charge in [-0.3, -0.25) is 4.79 Å². The summed E-state index contributed by atoms with van der Waals surface area (Å²) in [6.45, 7) is 8.25. The molecule has 0 fully saturated rings. The van der Waals surface area contributed by atoms with Crippen molar-refractivity contribution in [1.82, 2.24) is 4.90 Å². The predicted molar refractivity (Wildman–Crippen MR) is 139 cm³/mol. The van der Waals surface area contributed by atoms with Gasteiger partial charge in [-0.25, -0.2) is 0 Å². The average molecular weight is 528 g/mol. The Morgan fingerprint density at radius 3 is 2.18 bits per heavy atom. The van der Waals surface area contributed by atoms with E-state index in [2.05, 4.69) is 0 Å². The molecular weight excluding hydrogens is 495 g/mol. The molecule has 1 unspecified atom stereocenters.